The van der Waals surface area contributed by atoms with Crippen LogP contribution in [0, 0.1) is 11.8 Å². The molecule has 100 valence electrons. The van der Waals surface area contributed by atoms with Gasteiger partial charge >= 0.3 is 0 Å². The molecule has 1 aliphatic carbocycles. The van der Waals surface area contributed by atoms with E-state index in [-0.39, 0.29) is 0 Å². The zero-order chi connectivity index (χ0) is 13.1. The van der Waals surface area contributed by atoms with Crippen LogP contribution in [0.25, 0.3) is 0 Å². The fraction of sp³-hybridized carbons (Fsp3) is 0.600. The third kappa shape index (κ3) is 3.27. The zero-order valence-electron chi connectivity index (χ0n) is 11.2. The summed E-state index contributed by atoms with van der Waals surface area (Å²) in [6, 6.07) is 6.54. The molecule has 2 N–H and O–H groups in total. The summed E-state index contributed by atoms with van der Waals surface area (Å²) in [4.78, 5) is 0. The molecule has 1 aromatic carbocycles. The van der Waals surface area contributed by atoms with Gasteiger partial charge in [-0.15, -0.1) is 0 Å². The van der Waals surface area contributed by atoms with Crippen LogP contribution in [-0.4, -0.2) is 13.2 Å². The first-order chi connectivity index (χ1) is 8.60. The Balaban J connectivity index is 2.14. The molecule has 0 saturated heterocycles. The van der Waals surface area contributed by atoms with Crippen molar-refractivity contribution >= 4 is 15.9 Å². The average Bonchev–Trinajstić information content (AvgIpc) is 2.34. The van der Waals surface area contributed by atoms with Gasteiger partial charge < -0.3 is 10.5 Å². The van der Waals surface area contributed by atoms with Crippen molar-refractivity contribution in [1.82, 2.24) is 0 Å². The Kier molecular flexibility index (Phi) is 4.68. The van der Waals surface area contributed by atoms with E-state index in [9.17, 15) is 0 Å². The van der Waals surface area contributed by atoms with Crippen molar-refractivity contribution in [3.8, 4) is 5.75 Å². The van der Waals surface area contributed by atoms with Crippen LogP contribution in [-0.2, 0) is 6.42 Å². The average molecular weight is 312 g/mol. The lowest BCUT2D eigenvalue weighted by Crippen LogP contribution is -2.36. The van der Waals surface area contributed by atoms with Crippen LogP contribution in [0.2, 0.25) is 0 Å². The molecule has 2 nitrogen and oxygen atoms in total. The second-order valence-corrected chi connectivity index (χ2v) is 6.42. The van der Waals surface area contributed by atoms with Crippen LogP contribution < -0.4 is 10.5 Å². The lowest BCUT2D eigenvalue weighted by Gasteiger charge is -2.33. The summed E-state index contributed by atoms with van der Waals surface area (Å²) in [6.45, 7) is 2.33. The number of methoxy groups -OCH3 is 1. The number of ether oxygens (including phenoxy) is 1. The fourth-order valence-electron chi connectivity index (χ4n) is 2.95. The molecule has 0 aromatic heterocycles. The Morgan fingerprint density at radius 2 is 2.17 bits per heavy atom. The van der Waals surface area contributed by atoms with Gasteiger partial charge in [0.25, 0.3) is 0 Å². The first-order valence-corrected chi connectivity index (χ1v) is 7.47. The number of hydrogen-bond acceptors (Lipinski definition) is 2. The van der Waals surface area contributed by atoms with Gasteiger partial charge in [0.2, 0.25) is 0 Å². The Hall–Kier alpha value is -0.540. The summed E-state index contributed by atoms with van der Waals surface area (Å²) in [5.74, 6) is 2.36. The molecule has 3 atom stereocenters. The number of benzene rings is 1. The van der Waals surface area contributed by atoms with Crippen molar-refractivity contribution in [2.75, 3.05) is 7.11 Å². The highest BCUT2D eigenvalue weighted by Gasteiger charge is 2.26. The molecular formula is C15H22BrNO. The van der Waals surface area contributed by atoms with Crippen LogP contribution >= 0.6 is 15.9 Å². The van der Waals surface area contributed by atoms with Gasteiger partial charge in [0, 0.05) is 10.5 Å². The van der Waals surface area contributed by atoms with Gasteiger partial charge in [-0.25, -0.2) is 0 Å². The Morgan fingerprint density at radius 3 is 2.89 bits per heavy atom. The second-order valence-electron chi connectivity index (χ2n) is 5.50. The minimum Gasteiger partial charge on any atom is -0.496 e. The van der Waals surface area contributed by atoms with Gasteiger partial charge in [-0.2, -0.15) is 0 Å². The highest BCUT2D eigenvalue weighted by Crippen LogP contribution is 2.33. The van der Waals surface area contributed by atoms with Crippen molar-refractivity contribution in [2.24, 2.45) is 17.6 Å². The molecule has 2 rings (SSSR count). The van der Waals surface area contributed by atoms with Gasteiger partial charge in [0.1, 0.15) is 5.75 Å². The molecule has 0 spiro atoms. The maximum Gasteiger partial charge on any atom is 0.122 e. The number of hydrogen-bond donors (Lipinski definition) is 1. The molecule has 0 aliphatic heterocycles. The first kappa shape index (κ1) is 13.9. The molecule has 3 unspecified atom stereocenters. The largest absolute Gasteiger partial charge is 0.496 e. The minimum atomic E-state index is 0.338. The maximum atomic E-state index is 6.27. The van der Waals surface area contributed by atoms with E-state index in [2.05, 4.69) is 28.9 Å². The summed E-state index contributed by atoms with van der Waals surface area (Å²) in [6.07, 6.45) is 4.68. The molecule has 1 fully saturated rings. The SMILES string of the molecule is COc1ccc(Br)cc1CC1CC(C)CCC1N. The van der Waals surface area contributed by atoms with Crippen molar-refractivity contribution < 1.29 is 4.74 Å². The molecule has 0 heterocycles. The number of nitrogens with two attached hydrogens (primary N) is 1. The van der Waals surface area contributed by atoms with Crippen molar-refractivity contribution in [3.63, 3.8) is 0 Å². The quantitative estimate of drug-likeness (QED) is 0.922. The minimum absolute atomic E-state index is 0.338. The zero-order valence-corrected chi connectivity index (χ0v) is 12.7. The molecule has 3 heteroatoms. The van der Waals surface area contributed by atoms with E-state index < -0.39 is 0 Å². The third-order valence-electron chi connectivity index (χ3n) is 4.03. The Bertz CT molecular complexity index is 407. The summed E-state index contributed by atoms with van der Waals surface area (Å²) in [7, 11) is 1.73. The van der Waals surface area contributed by atoms with E-state index in [0.29, 0.717) is 12.0 Å². The molecule has 1 saturated carbocycles. The van der Waals surface area contributed by atoms with Gasteiger partial charge in [-0.1, -0.05) is 22.9 Å². The topological polar surface area (TPSA) is 35.2 Å². The summed E-state index contributed by atoms with van der Waals surface area (Å²) in [5.41, 5.74) is 7.53. The van der Waals surface area contributed by atoms with Crippen molar-refractivity contribution in [2.45, 2.75) is 38.6 Å². The molecular weight excluding hydrogens is 290 g/mol. The lowest BCUT2D eigenvalue weighted by molar-refractivity contribution is 0.243. The van der Waals surface area contributed by atoms with E-state index in [1.807, 2.05) is 12.1 Å². The van der Waals surface area contributed by atoms with Gasteiger partial charge in [-0.3, -0.25) is 0 Å². The Morgan fingerprint density at radius 1 is 1.39 bits per heavy atom. The van der Waals surface area contributed by atoms with E-state index in [4.69, 9.17) is 10.5 Å². The lowest BCUT2D eigenvalue weighted by atomic mass is 9.76. The molecule has 0 bridgehead atoms. The first-order valence-electron chi connectivity index (χ1n) is 6.68. The number of rotatable bonds is 3. The highest BCUT2D eigenvalue weighted by atomic mass is 79.9. The molecule has 0 amide bonds. The predicted molar refractivity (Wildman–Crippen MR) is 78.9 cm³/mol. The van der Waals surface area contributed by atoms with E-state index in [0.717, 1.165) is 29.0 Å². The predicted octanol–water partition coefficient (Wildman–Crippen LogP) is 3.76. The highest BCUT2D eigenvalue weighted by molar-refractivity contribution is 9.10. The van der Waals surface area contributed by atoms with Crippen molar-refractivity contribution in [3.05, 3.63) is 28.2 Å². The summed E-state index contributed by atoms with van der Waals surface area (Å²) < 4.78 is 6.55. The van der Waals surface area contributed by atoms with Crippen LogP contribution in [0.1, 0.15) is 31.7 Å². The number of halogens is 1. The summed E-state index contributed by atoms with van der Waals surface area (Å²) in [5, 5.41) is 0. The van der Waals surface area contributed by atoms with E-state index in [1.165, 1.54) is 18.4 Å². The fourth-order valence-corrected chi connectivity index (χ4v) is 3.35. The normalized spacial score (nSPS) is 28.1. The summed E-state index contributed by atoms with van der Waals surface area (Å²) >= 11 is 3.53. The molecule has 1 aliphatic rings. The van der Waals surface area contributed by atoms with E-state index in [1.54, 1.807) is 7.11 Å². The second kappa shape index (κ2) is 6.07. The smallest absolute Gasteiger partial charge is 0.122 e. The molecule has 1 aromatic rings. The Labute approximate surface area is 118 Å². The maximum absolute atomic E-state index is 6.27. The monoisotopic (exact) mass is 311 g/mol. The van der Waals surface area contributed by atoms with Crippen LogP contribution in [0.5, 0.6) is 5.75 Å². The van der Waals surface area contributed by atoms with Crippen LogP contribution in [0.4, 0.5) is 0 Å². The van der Waals surface area contributed by atoms with E-state index >= 15 is 0 Å². The van der Waals surface area contributed by atoms with Gasteiger partial charge in [0.05, 0.1) is 7.11 Å². The van der Waals surface area contributed by atoms with Crippen LogP contribution in [0.3, 0.4) is 0 Å². The van der Waals surface area contributed by atoms with Gasteiger partial charge in [-0.05, 0) is 61.3 Å². The molecule has 18 heavy (non-hydrogen) atoms. The van der Waals surface area contributed by atoms with Crippen LogP contribution in [0.15, 0.2) is 22.7 Å². The molecule has 0 radical (unpaired) electrons. The van der Waals surface area contributed by atoms with Crippen molar-refractivity contribution in [1.29, 1.82) is 0 Å². The van der Waals surface area contributed by atoms with Gasteiger partial charge in [0.15, 0.2) is 0 Å². The third-order valence-corrected chi connectivity index (χ3v) is 4.52. The standard InChI is InChI=1S/C15H22BrNO/c1-10-3-5-14(17)11(7-10)8-12-9-13(16)4-6-15(12)18-2/h4,6,9-11,14H,3,5,7-8,17H2,1-2H3.